The highest BCUT2D eigenvalue weighted by molar-refractivity contribution is 7.84. The Balaban J connectivity index is 2.97. The van der Waals surface area contributed by atoms with Gasteiger partial charge in [-0.2, -0.15) is 5.26 Å². The van der Waals surface area contributed by atoms with Crippen LogP contribution in [0, 0.1) is 11.3 Å². The molecular weight excluding hydrogens is 256 g/mol. The highest BCUT2D eigenvalue weighted by Gasteiger charge is 2.23. The molecule has 2 atom stereocenters. The lowest BCUT2D eigenvalue weighted by Gasteiger charge is -2.24. The minimum absolute atomic E-state index is 0.0918. The Morgan fingerprint density at radius 2 is 2.21 bits per heavy atom. The molecule has 102 valence electrons. The predicted octanol–water partition coefficient (Wildman–Crippen LogP) is 3.23. The molecule has 0 saturated heterocycles. The van der Waals surface area contributed by atoms with Gasteiger partial charge in [-0.1, -0.05) is 18.2 Å². The zero-order chi connectivity index (χ0) is 14.5. The van der Waals surface area contributed by atoms with E-state index in [1.165, 1.54) is 0 Å². The maximum Gasteiger partial charge on any atom is 0.0991 e. The fraction of sp³-hybridized carbons (Fsp3) is 0.400. The Hall–Kier alpha value is -1.44. The van der Waals surface area contributed by atoms with E-state index in [1.807, 2.05) is 39.0 Å². The van der Waals surface area contributed by atoms with Gasteiger partial charge in [-0.15, -0.1) is 6.58 Å². The third-order valence-corrected chi connectivity index (χ3v) is 4.24. The second kappa shape index (κ2) is 6.65. The first-order chi connectivity index (χ1) is 8.88. The van der Waals surface area contributed by atoms with Crippen LogP contribution in [0.5, 0.6) is 0 Å². The van der Waals surface area contributed by atoms with E-state index >= 15 is 0 Å². The van der Waals surface area contributed by atoms with Gasteiger partial charge in [0.05, 0.1) is 27.4 Å². The largest absolute Gasteiger partial charge is 0.242 e. The summed E-state index contributed by atoms with van der Waals surface area (Å²) < 4.78 is 15.0. The van der Waals surface area contributed by atoms with Gasteiger partial charge in [0.2, 0.25) is 0 Å². The lowest BCUT2D eigenvalue weighted by Crippen LogP contribution is -2.35. The molecule has 0 heterocycles. The summed E-state index contributed by atoms with van der Waals surface area (Å²) >= 11 is 0. The van der Waals surface area contributed by atoms with E-state index in [2.05, 4.69) is 17.4 Å². The first kappa shape index (κ1) is 15.6. The predicted molar refractivity (Wildman–Crippen MR) is 79.7 cm³/mol. The number of hydrogen-bond acceptors (Lipinski definition) is 2. The van der Waals surface area contributed by atoms with Crippen molar-refractivity contribution in [1.29, 1.82) is 5.26 Å². The Bertz CT molecular complexity index is 512. The van der Waals surface area contributed by atoms with Gasteiger partial charge >= 0.3 is 0 Å². The molecule has 0 amide bonds. The fourth-order valence-corrected chi connectivity index (χ4v) is 2.39. The number of hydrogen-bond donors (Lipinski definition) is 1. The van der Waals surface area contributed by atoms with Crippen LogP contribution >= 0.6 is 0 Å². The monoisotopic (exact) mass is 276 g/mol. The summed E-state index contributed by atoms with van der Waals surface area (Å²) in [5.74, 6) is 0. The van der Waals surface area contributed by atoms with Crippen LogP contribution < -0.4 is 4.72 Å². The summed E-state index contributed by atoms with van der Waals surface area (Å²) in [5, 5.41) is 8.93. The molecular formula is C15H20N2OS. The van der Waals surface area contributed by atoms with Crippen LogP contribution in [0.25, 0.3) is 0 Å². The molecule has 0 aromatic heterocycles. The molecule has 4 heteroatoms. The van der Waals surface area contributed by atoms with Crippen LogP contribution in [0.15, 0.2) is 36.9 Å². The van der Waals surface area contributed by atoms with Crippen molar-refractivity contribution in [3.63, 3.8) is 0 Å². The third kappa shape index (κ3) is 4.62. The number of rotatable bonds is 5. The van der Waals surface area contributed by atoms with Crippen molar-refractivity contribution in [2.45, 2.75) is 38.0 Å². The fourth-order valence-electron chi connectivity index (χ4n) is 1.55. The summed E-state index contributed by atoms with van der Waals surface area (Å²) in [6.45, 7) is 9.50. The van der Waals surface area contributed by atoms with Gasteiger partial charge in [-0.3, -0.25) is 0 Å². The molecule has 3 nitrogen and oxygen atoms in total. The van der Waals surface area contributed by atoms with Gasteiger partial charge in [0, 0.05) is 6.04 Å². The van der Waals surface area contributed by atoms with Crippen molar-refractivity contribution in [2.75, 3.05) is 0 Å². The lowest BCUT2D eigenvalue weighted by molar-refractivity contribution is 0.601. The Kier molecular flexibility index (Phi) is 5.46. The van der Waals surface area contributed by atoms with Crippen molar-refractivity contribution >= 4 is 11.0 Å². The van der Waals surface area contributed by atoms with Crippen LogP contribution in [0.1, 0.15) is 44.4 Å². The highest BCUT2D eigenvalue weighted by Crippen LogP contribution is 2.21. The van der Waals surface area contributed by atoms with E-state index in [0.29, 0.717) is 12.0 Å². The van der Waals surface area contributed by atoms with Crippen LogP contribution in [-0.2, 0) is 11.0 Å². The summed E-state index contributed by atoms with van der Waals surface area (Å²) in [6.07, 6.45) is 2.45. The third-order valence-electron chi connectivity index (χ3n) is 2.63. The van der Waals surface area contributed by atoms with Gasteiger partial charge < -0.3 is 0 Å². The van der Waals surface area contributed by atoms with Gasteiger partial charge in [0.15, 0.2) is 0 Å². The quantitative estimate of drug-likeness (QED) is 0.839. The van der Waals surface area contributed by atoms with Crippen molar-refractivity contribution in [1.82, 2.24) is 4.72 Å². The molecule has 2 unspecified atom stereocenters. The minimum Gasteiger partial charge on any atom is -0.242 e. The second-order valence-corrected chi connectivity index (χ2v) is 7.31. The molecule has 19 heavy (non-hydrogen) atoms. The smallest absolute Gasteiger partial charge is 0.0991 e. The SMILES string of the molecule is C=CCC(NS(=O)C(C)(C)C)c1cccc(C#N)c1. The summed E-state index contributed by atoms with van der Waals surface area (Å²) in [5.41, 5.74) is 1.56. The van der Waals surface area contributed by atoms with E-state index in [0.717, 1.165) is 5.56 Å². The molecule has 0 radical (unpaired) electrons. The molecule has 1 N–H and O–H groups in total. The maximum absolute atomic E-state index is 12.2. The Morgan fingerprint density at radius 1 is 1.53 bits per heavy atom. The average Bonchev–Trinajstić information content (AvgIpc) is 2.37. The van der Waals surface area contributed by atoms with Gasteiger partial charge in [0.25, 0.3) is 0 Å². The number of benzene rings is 1. The van der Waals surface area contributed by atoms with Gasteiger partial charge in [-0.25, -0.2) is 8.93 Å². The molecule has 0 fully saturated rings. The van der Waals surface area contributed by atoms with Gasteiger partial charge in [-0.05, 0) is 44.9 Å². The first-order valence-electron chi connectivity index (χ1n) is 6.17. The topological polar surface area (TPSA) is 52.9 Å². The van der Waals surface area contributed by atoms with Crippen LogP contribution in [-0.4, -0.2) is 8.96 Å². The normalized spacial score (nSPS) is 14.4. The van der Waals surface area contributed by atoms with E-state index in [-0.39, 0.29) is 10.8 Å². The molecule has 0 aliphatic rings. The van der Waals surface area contributed by atoms with Crippen LogP contribution in [0.4, 0.5) is 0 Å². The Labute approximate surface area is 117 Å². The molecule has 0 aliphatic heterocycles. The Morgan fingerprint density at radius 3 is 2.74 bits per heavy atom. The average molecular weight is 276 g/mol. The highest BCUT2D eigenvalue weighted by atomic mass is 32.2. The number of nitrogens with one attached hydrogen (secondary N) is 1. The zero-order valence-corrected chi connectivity index (χ0v) is 12.5. The molecule has 0 bridgehead atoms. The van der Waals surface area contributed by atoms with Crippen molar-refractivity contribution in [3.05, 3.63) is 48.0 Å². The number of nitriles is 1. The summed E-state index contributed by atoms with van der Waals surface area (Å²) in [7, 11) is -1.16. The van der Waals surface area contributed by atoms with Crippen LogP contribution in [0.3, 0.4) is 0 Å². The van der Waals surface area contributed by atoms with E-state index in [1.54, 1.807) is 12.1 Å². The standard InChI is InChI=1S/C15H20N2OS/c1-5-7-14(17-19(18)15(2,3)4)13-9-6-8-12(10-13)11-16/h5-6,8-10,14,17H,1,7H2,2-4H3. The van der Waals surface area contributed by atoms with E-state index < -0.39 is 11.0 Å². The number of nitrogens with zero attached hydrogens (tertiary/aromatic N) is 1. The molecule has 1 aromatic carbocycles. The molecule has 0 spiro atoms. The molecule has 0 aliphatic carbocycles. The van der Waals surface area contributed by atoms with Crippen molar-refractivity contribution in [3.8, 4) is 6.07 Å². The zero-order valence-electron chi connectivity index (χ0n) is 11.6. The van der Waals surface area contributed by atoms with E-state index in [9.17, 15) is 4.21 Å². The minimum atomic E-state index is -1.16. The maximum atomic E-state index is 12.2. The summed E-state index contributed by atoms with van der Waals surface area (Å²) in [4.78, 5) is 0. The first-order valence-corrected chi connectivity index (χ1v) is 7.32. The second-order valence-electron chi connectivity index (χ2n) is 5.31. The molecule has 1 rings (SSSR count). The van der Waals surface area contributed by atoms with Crippen molar-refractivity contribution in [2.24, 2.45) is 0 Å². The molecule has 1 aromatic rings. The summed E-state index contributed by atoms with van der Waals surface area (Å²) in [6, 6.07) is 9.38. The van der Waals surface area contributed by atoms with E-state index in [4.69, 9.17) is 5.26 Å². The van der Waals surface area contributed by atoms with Crippen molar-refractivity contribution < 1.29 is 4.21 Å². The van der Waals surface area contributed by atoms with Gasteiger partial charge in [0.1, 0.15) is 0 Å². The lowest BCUT2D eigenvalue weighted by atomic mass is 10.0. The van der Waals surface area contributed by atoms with Crippen LogP contribution in [0.2, 0.25) is 0 Å². The molecule has 0 saturated carbocycles.